The van der Waals surface area contributed by atoms with Crippen LogP contribution in [0.15, 0.2) is 25.3 Å². The van der Waals surface area contributed by atoms with Crippen LogP contribution >= 0.6 is 0 Å². The average molecular weight is 405 g/mol. The van der Waals surface area contributed by atoms with Crippen molar-refractivity contribution >= 4 is 8.32 Å². The SMILES string of the molecule is C=CC1(C=C)CC[Si](C)(C)OC1(C)C.[Pt]. The van der Waals surface area contributed by atoms with Crippen LogP contribution in [-0.4, -0.2) is 13.9 Å². The van der Waals surface area contributed by atoms with Gasteiger partial charge in [-0.1, -0.05) is 12.2 Å². The van der Waals surface area contributed by atoms with E-state index in [4.69, 9.17) is 4.43 Å². The molecule has 0 N–H and O–H groups in total. The fraction of sp³-hybridized carbons (Fsp3) is 0.667. The Morgan fingerprint density at radius 3 is 2.00 bits per heavy atom. The van der Waals surface area contributed by atoms with E-state index in [1.54, 1.807) is 0 Å². The van der Waals surface area contributed by atoms with Gasteiger partial charge in [0.25, 0.3) is 0 Å². The molecule has 1 heterocycles. The van der Waals surface area contributed by atoms with Gasteiger partial charge in [-0.15, -0.1) is 13.2 Å². The Hall–Kier alpha value is 0.345. The predicted octanol–water partition coefficient (Wildman–Crippen LogP) is 3.75. The third-order valence-electron chi connectivity index (χ3n) is 3.52. The molecule has 1 rings (SSSR count). The second-order valence-corrected chi connectivity index (χ2v) is 9.54. The van der Waals surface area contributed by atoms with Crippen LogP contribution in [0.5, 0.6) is 0 Å². The van der Waals surface area contributed by atoms with E-state index >= 15 is 0 Å². The second-order valence-electron chi connectivity index (χ2n) is 5.32. The van der Waals surface area contributed by atoms with Gasteiger partial charge in [0, 0.05) is 26.5 Å². The standard InChI is InChI=1S/C12H22OSi.Pt/c1-7-12(8-2)9-10-14(5,6)13-11(12,3)4;/h7-8H,1-2,9-10H2,3-6H3;. The Bertz CT molecular complexity index is 250. The van der Waals surface area contributed by atoms with Crippen LogP contribution in [0.1, 0.15) is 20.3 Å². The molecule has 90 valence electrons. The van der Waals surface area contributed by atoms with Gasteiger partial charge in [0.1, 0.15) is 0 Å². The predicted molar refractivity (Wildman–Crippen MR) is 64.9 cm³/mol. The maximum absolute atomic E-state index is 6.26. The molecule has 0 aromatic heterocycles. The monoisotopic (exact) mass is 405 g/mol. The summed E-state index contributed by atoms with van der Waals surface area (Å²) in [6, 6.07) is 1.19. The van der Waals surface area contributed by atoms with E-state index in [2.05, 4.69) is 40.1 Å². The number of hydrogen-bond acceptors (Lipinski definition) is 1. The molecule has 0 amide bonds. The third kappa shape index (κ3) is 2.72. The molecule has 1 fully saturated rings. The van der Waals surface area contributed by atoms with Crippen molar-refractivity contribution in [3.8, 4) is 0 Å². The summed E-state index contributed by atoms with van der Waals surface area (Å²) in [5.41, 5.74) is -0.194. The van der Waals surface area contributed by atoms with Gasteiger partial charge in [-0.2, -0.15) is 0 Å². The van der Waals surface area contributed by atoms with Crippen LogP contribution in [0.4, 0.5) is 0 Å². The molecule has 0 saturated carbocycles. The number of hydrogen-bond donors (Lipinski definition) is 0. The summed E-state index contributed by atoms with van der Waals surface area (Å²) in [5.74, 6) is 0. The second kappa shape index (κ2) is 4.69. The van der Waals surface area contributed by atoms with Crippen LogP contribution in [0, 0.1) is 5.41 Å². The molecule has 0 aromatic carbocycles. The van der Waals surface area contributed by atoms with Gasteiger partial charge in [-0.25, -0.2) is 0 Å². The van der Waals surface area contributed by atoms with E-state index in [0.29, 0.717) is 0 Å². The van der Waals surface area contributed by atoms with Gasteiger partial charge in [-0.05, 0) is 39.4 Å². The molecule has 0 atom stereocenters. The van der Waals surface area contributed by atoms with E-state index < -0.39 is 8.32 Å². The largest absolute Gasteiger partial charge is 0.411 e. The number of rotatable bonds is 2. The minimum atomic E-state index is -1.44. The van der Waals surface area contributed by atoms with Crippen molar-refractivity contribution in [3.05, 3.63) is 25.3 Å². The Balaban J connectivity index is 0.00000196. The van der Waals surface area contributed by atoms with Gasteiger partial charge in [0.2, 0.25) is 0 Å². The maximum atomic E-state index is 6.26. The maximum Gasteiger partial charge on any atom is 0.187 e. The first-order chi connectivity index (χ1) is 6.29. The molecule has 1 aliphatic heterocycles. The molecular formula is C12H22OPtSi. The van der Waals surface area contributed by atoms with E-state index in [9.17, 15) is 0 Å². The van der Waals surface area contributed by atoms with Crippen molar-refractivity contribution in [2.24, 2.45) is 5.41 Å². The summed E-state index contributed by atoms with van der Waals surface area (Å²) in [6.07, 6.45) is 5.14. The first-order valence-electron chi connectivity index (χ1n) is 5.26. The summed E-state index contributed by atoms with van der Waals surface area (Å²) in [6.45, 7) is 16.7. The Labute approximate surface area is 109 Å². The van der Waals surface area contributed by atoms with Gasteiger partial charge >= 0.3 is 0 Å². The molecule has 0 radical (unpaired) electrons. The van der Waals surface area contributed by atoms with Crippen LogP contribution in [0.2, 0.25) is 19.1 Å². The zero-order valence-electron chi connectivity index (χ0n) is 10.2. The molecule has 0 aromatic rings. The summed E-state index contributed by atoms with van der Waals surface area (Å²) >= 11 is 0. The van der Waals surface area contributed by atoms with E-state index in [0.717, 1.165) is 6.42 Å². The Morgan fingerprint density at radius 1 is 1.20 bits per heavy atom. The van der Waals surface area contributed by atoms with E-state index in [1.807, 2.05) is 12.2 Å². The van der Waals surface area contributed by atoms with Gasteiger partial charge in [0.15, 0.2) is 8.32 Å². The summed E-state index contributed by atoms with van der Waals surface area (Å²) < 4.78 is 6.26. The molecule has 0 bridgehead atoms. The quantitative estimate of drug-likeness (QED) is 0.502. The molecule has 0 unspecified atom stereocenters. The van der Waals surface area contributed by atoms with Crippen molar-refractivity contribution in [3.63, 3.8) is 0 Å². The Morgan fingerprint density at radius 2 is 1.67 bits per heavy atom. The molecule has 0 aliphatic carbocycles. The summed E-state index contributed by atoms with van der Waals surface area (Å²) in [5, 5.41) is 0. The molecule has 15 heavy (non-hydrogen) atoms. The Kier molecular flexibility index (Phi) is 4.80. The third-order valence-corrected chi connectivity index (χ3v) is 6.04. The van der Waals surface area contributed by atoms with Gasteiger partial charge in [-0.3, -0.25) is 0 Å². The molecular weight excluding hydrogens is 383 g/mol. The minimum Gasteiger partial charge on any atom is -0.411 e. The molecule has 1 saturated heterocycles. The normalized spacial score (nSPS) is 26.1. The first kappa shape index (κ1) is 15.3. The van der Waals surface area contributed by atoms with Crippen molar-refractivity contribution in [1.29, 1.82) is 0 Å². The van der Waals surface area contributed by atoms with Crippen molar-refractivity contribution in [2.45, 2.75) is 45.0 Å². The van der Waals surface area contributed by atoms with Crippen molar-refractivity contribution < 1.29 is 25.5 Å². The molecule has 0 spiro atoms. The van der Waals surface area contributed by atoms with E-state index in [1.165, 1.54) is 6.04 Å². The van der Waals surface area contributed by atoms with Crippen LogP contribution in [-0.2, 0) is 25.5 Å². The zero-order chi connectivity index (χ0) is 11.0. The van der Waals surface area contributed by atoms with Crippen LogP contribution in [0.25, 0.3) is 0 Å². The first-order valence-corrected chi connectivity index (χ1v) is 8.37. The topological polar surface area (TPSA) is 9.23 Å². The van der Waals surface area contributed by atoms with E-state index in [-0.39, 0.29) is 32.1 Å². The molecule has 1 nitrogen and oxygen atoms in total. The van der Waals surface area contributed by atoms with Crippen molar-refractivity contribution in [1.82, 2.24) is 0 Å². The van der Waals surface area contributed by atoms with Crippen molar-refractivity contribution in [2.75, 3.05) is 0 Å². The summed E-state index contributed by atoms with van der Waals surface area (Å²) in [4.78, 5) is 0. The van der Waals surface area contributed by atoms with Gasteiger partial charge in [0.05, 0.1) is 5.60 Å². The smallest absolute Gasteiger partial charge is 0.187 e. The zero-order valence-corrected chi connectivity index (χ0v) is 13.5. The van der Waals surface area contributed by atoms with Crippen LogP contribution in [0.3, 0.4) is 0 Å². The minimum absolute atomic E-state index is 0. The average Bonchev–Trinajstić information content (AvgIpc) is 2.03. The molecule has 3 heteroatoms. The molecule has 1 aliphatic rings. The van der Waals surface area contributed by atoms with Crippen LogP contribution < -0.4 is 0 Å². The van der Waals surface area contributed by atoms with Gasteiger partial charge < -0.3 is 4.43 Å². The summed E-state index contributed by atoms with van der Waals surface area (Å²) in [7, 11) is -1.44. The fourth-order valence-corrected chi connectivity index (χ4v) is 5.11. The fourth-order valence-electron chi connectivity index (χ4n) is 2.42.